The molecule has 0 aromatic heterocycles. The highest BCUT2D eigenvalue weighted by Crippen LogP contribution is 2.34. The first kappa shape index (κ1) is 9.49. The van der Waals surface area contributed by atoms with Crippen LogP contribution in [0.15, 0.2) is 0 Å². The van der Waals surface area contributed by atoms with E-state index in [-0.39, 0.29) is 5.92 Å². The van der Waals surface area contributed by atoms with Crippen molar-refractivity contribution in [1.29, 1.82) is 0 Å². The molecule has 1 fully saturated rings. The molecule has 0 saturated heterocycles. The van der Waals surface area contributed by atoms with Gasteiger partial charge in [-0.15, -0.1) is 0 Å². The fourth-order valence-corrected chi connectivity index (χ4v) is 2.15. The van der Waals surface area contributed by atoms with Gasteiger partial charge < -0.3 is 10.2 Å². The van der Waals surface area contributed by atoms with Gasteiger partial charge in [0.15, 0.2) is 6.29 Å². The lowest BCUT2D eigenvalue weighted by molar-refractivity contribution is -0.0964. The van der Waals surface area contributed by atoms with Crippen LogP contribution in [-0.4, -0.2) is 21.3 Å². The van der Waals surface area contributed by atoms with Gasteiger partial charge in [0.25, 0.3) is 0 Å². The van der Waals surface area contributed by atoms with Gasteiger partial charge in [0.1, 0.15) is 0 Å². The van der Waals surface area contributed by atoms with E-state index in [9.17, 15) is 0 Å². The smallest absolute Gasteiger partial charge is 0.154 e. The minimum Gasteiger partial charge on any atom is -0.368 e. The predicted molar refractivity (Wildman–Crippen MR) is 47.4 cm³/mol. The summed E-state index contributed by atoms with van der Waals surface area (Å²) in [5.74, 6) is 0.661. The van der Waals surface area contributed by atoms with Crippen LogP contribution in [0.4, 0.5) is 0 Å². The van der Waals surface area contributed by atoms with E-state index in [1.54, 1.807) is 0 Å². The summed E-state index contributed by atoms with van der Waals surface area (Å²) in [6, 6.07) is 0. The van der Waals surface area contributed by atoms with E-state index in [2.05, 4.69) is 22.9 Å². The number of rotatable bonds is 1. The van der Waals surface area contributed by atoms with Gasteiger partial charge in [-0.2, -0.15) is 0 Å². The molecule has 66 valence electrons. The zero-order chi connectivity index (χ0) is 8.43. The van der Waals surface area contributed by atoms with Gasteiger partial charge in [0, 0.05) is 10.7 Å². The van der Waals surface area contributed by atoms with Crippen molar-refractivity contribution in [1.82, 2.24) is 0 Å². The zero-order valence-corrected chi connectivity index (χ0v) is 8.29. The standard InChI is InChI=1S/C8H15BrO2/c1-5-4-6(8(10)11)2-3-7(5)9/h5-8,10-11H,2-4H2,1H3/t5?,6-,7+/m1/s1. The summed E-state index contributed by atoms with van der Waals surface area (Å²) in [5, 5.41) is 17.8. The van der Waals surface area contributed by atoms with Crippen LogP contribution in [0.1, 0.15) is 26.2 Å². The van der Waals surface area contributed by atoms with Crippen LogP contribution in [0.25, 0.3) is 0 Å². The largest absolute Gasteiger partial charge is 0.368 e. The molecule has 1 rings (SSSR count). The second-order valence-corrected chi connectivity index (χ2v) is 4.66. The van der Waals surface area contributed by atoms with Gasteiger partial charge in [-0.1, -0.05) is 22.9 Å². The number of aliphatic hydroxyl groups excluding tert-OH is 1. The first-order valence-electron chi connectivity index (χ1n) is 4.11. The topological polar surface area (TPSA) is 40.5 Å². The summed E-state index contributed by atoms with van der Waals surface area (Å²) in [6.07, 6.45) is 1.80. The van der Waals surface area contributed by atoms with Crippen LogP contribution in [0.2, 0.25) is 0 Å². The predicted octanol–water partition coefficient (Wildman–Crippen LogP) is 1.50. The molecule has 1 unspecified atom stereocenters. The molecule has 2 N–H and O–H groups in total. The first-order valence-corrected chi connectivity index (χ1v) is 5.03. The van der Waals surface area contributed by atoms with Crippen molar-refractivity contribution in [2.75, 3.05) is 0 Å². The van der Waals surface area contributed by atoms with Crippen LogP contribution in [0, 0.1) is 11.8 Å². The first-order chi connectivity index (χ1) is 5.11. The lowest BCUT2D eigenvalue weighted by Gasteiger charge is -2.31. The number of aliphatic hydroxyl groups is 2. The molecule has 3 atom stereocenters. The van der Waals surface area contributed by atoms with Gasteiger partial charge in [0.05, 0.1) is 0 Å². The van der Waals surface area contributed by atoms with Crippen molar-refractivity contribution in [2.45, 2.75) is 37.3 Å². The Morgan fingerprint density at radius 3 is 2.45 bits per heavy atom. The maximum Gasteiger partial charge on any atom is 0.154 e. The molecule has 0 aliphatic heterocycles. The fourth-order valence-electron chi connectivity index (χ4n) is 1.67. The fraction of sp³-hybridized carbons (Fsp3) is 1.00. The van der Waals surface area contributed by atoms with Crippen molar-refractivity contribution in [2.24, 2.45) is 11.8 Å². The molecule has 0 aromatic rings. The average molecular weight is 223 g/mol. The molecule has 0 spiro atoms. The van der Waals surface area contributed by atoms with E-state index >= 15 is 0 Å². The number of halogens is 1. The average Bonchev–Trinajstić information content (AvgIpc) is 1.94. The normalized spacial score (nSPS) is 39.5. The maximum absolute atomic E-state index is 8.92. The van der Waals surface area contributed by atoms with Crippen molar-refractivity contribution >= 4 is 15.9 Å². The molecule has 0 aromatic carbocycles. The van der Waals surface area contributed by atoms with Gasteiger partial charge in [0.2, 0.25) is 0 Å². The quantitative estimate of drug-likeness (QED) is 0.522. The third-order valence-corrected chi connectivity index (χ3v) is 3.89. The Balaban J connectivity index is 2.40. The van der Waals surface area contributed by atoms with Crippen LogP contribution in [0.3, 0.4) is 0 Å². The molecule has 2 nitrogen and oxygen atoms in total. The lowest BCUT2D eigenvalue weighted by atomic mass is 9.82. The van der Waals surface area contributed by atoms with E-state index in [0.29, 0.717) is 10.7 Å². The number of alkyl halides is 1. The van der Waals surface area contributed by atoms with Crippen LogP contribution in [-0.2, 0) is 0 Å². The van der Waals surface area contributed by atoms with Gasteiger partial charge in [-0.05, 0) is 25.2 Å². The minimum absolute atomic E-state index is 0.0961. The molecular formula is C8H15BrO2. The van der Waals surface area contributed by atoms with Crippen molar-refractivity contribution < 1.29 is 10.2 Å². The molecule has 1 aliphatic rings. The summed E-state index contributed by atoms with van der Waals surface area (Å²) in [6.45, 7) is 2.15. The Labute approximate surface area is 75.7 Å². The molecule has 0 radical (unpaired) electrons. The van der Waals surface area contributed by atoms with Crippen molar-refractivity contribution in [3.05, 3.63) is 0 Å². The molecule has 11 heavy (non-hydrogen) atoms. The molecule has 3 heteroatoms. The lowest BCUT2D eigenvalue weighted by Crippen LogP contribution is -2.30. The number of hydrogen-bond acceptors (Lipinski definition) is 2. The summed E-state index contributed by atoms with van der Waals surface area (Å²) in [5.41, 5.74) is 0. The Kier molecular flexibility index (Phi) is 3.34. The Hall–Kier alpha value is 0.400. The van der Waals surface area contributed by atoms with Crippen molar-refractivity contribution in [3.8, 4) is 0 Å². The highest BCUT2D eigenvalue weighted by Gasteiger charge is 2.28. The summed E-state index contributed by atoms with van der Waals surface area (Å²) < 4.78 is 0. The zero-order valence-electron chi connectivity index (χ0n) is 6.70. The molecule has 0 heterocycles. The van der Waals surface area contributed by atoms with E-state index in [4.69, 9.17) is 10.2 Å². The maximum atomic E-state index is 8.92. The summed E-state index contributed by atoms with van der Waals surface area (Å²) >= 11 is 3.57. The van der Waals surface area contributed by atoms with Crippen LogP contribution in [0.5, 0.6) is 0 Å². The second-order valence-electron chi connectivity index (χ2n) is 3.48. The molecule has 0 bridgehead atoms. The van der Waals surface area contributed by atoms with Crippen molar-refractivity contribution in [3.63, 3.8) is 0 Å². The second kappa shape index (κ2) is 3.87. The Morgan fingerprint density at radius 2 is 2.00 bits per heavy atom. The summed E-state index contributed by atoms with van der Waals surface area (Å²) in [7, 11) is 0. The summed E-state index contributed by atoms with van der Waals surface area (Å²) in [4.78, 5) is 0.567. The SMILES string of the molecule is CC1C[C@H](C(O)O)CC[C@@H]1Br. The highest BCUT2D eigenvalue weighted by molar-refractivity contribution is 9.09. The monoisotopic (exact) mass is 222 g/mol. The van der Waals surface area contributed by atoms with E-state index in [0.717, 1.165) is 19.3 Å². The van der Waals surface area contributed by atoms with Crippen LogP contribution >= 0.6 is 15.9 Å². The van der Waals surface area contributed by atoms with E-state index in [1.165, 1.54) is 0 Å². The molecule has 1 saturated carbocycles. The Morgan fingerprint density at radius 1 is 1.36 bits per heavy atom. The van der Waals surface area contributed by atoms with Crippen LogP contribution < -0.4 is 0 Å². The van der Waals surface area contributed by atoms with Gasteiger partial charge in [-0.3, -0.25) is 0 Å². The Bertz CT molecular complexity index is 127. The third kappa shape index (κ3) is 2.42. The molecular weight excluding hydrogens is 208 g/mol. The molecule has 1 aliphatic carbocycles. The van der Waals surface area contributed by atoms with Gasteiger partial charge in [-0.25, -0.2) is 0 Å². The minimum atomic E-state index is -1.11. The van der Waals surface area contributed by atoms with Gasteiger partial charge >= 0.3 is 0 Å². The third-order valence-electron chi connectivity index (χ3n) is 2.53. The van der Waals surface area contributed by atoms with E-state index < -0.39 is 6.29 Å². The molecule has 0 amide bonds. The highest BCUT2D eigenvalue weighted by atomic mass is 79.9. The number of hydrogen-bond donors (Lipinski definition) is 2. The van der Waals surface area contributed by atoms with E-state index in [1.807, 2.05) is 0 Å².